The molecular weight excluding hydrogens is 810 g/mol. The van der Waals surface area contributed by atoms with Gasteiger partial charge in [0.1, 0.15) is 22.7 Å². The Morgan fingerprint density at radius 2 is 0.862 bits per heavy atom. The zero-order valence-electron chi connectivity index (χ0n) is 34.4. The number of carbonyl (C=O) groups excluding carboxylic acids is 1. The molecule has 0 unspecified atom stereocenters. The maximum atomic E-state index is 14.3. The Kier molecular flexibility index (Phi) is 12.3. The van der Waals surface area contributed by atoms with Crippen LogP contribution in [0.5, 0.6) is 11.5 Å². The van der Waals surface area contributed by atoms with E-state index >= 15 is 0 Å². The van der Waals surface area contributed by atoms with E-state index in [1.54, 1.807) is 0 Å². The normalized spacial score (nSPS) is 15.9. The van der Waals surface area contributed by atoms with Crippen LogP contribution in [-0.2, 0) is 10.3 Å². The first kappa shape index (κ1) is 43.0. The average Bonchev–Trinajstić information content (AvgIpc) is 3.45. The van der Waals surface area contributed by atoms with Crippen LogP contribution in [-0.4, -0.2) is 45.4 Å². The van der Waals surface area contributed by atoms with Crippen molar-refractivity contribution in [3.8, 4) is 11.5 Å². The lowest BCUT2D eigenvalue weighted by Gasteiger charge is -2.28. The number of rotatable bonds is 10. The highest BCUT2D eigenvalue weighted by molar-refractivity contribution is 6.53. The van der Waals surface area contributed by atoms with E-state index in [1.165, 1.54) is 0 Å². The van der Waals surface area contributed by atoms with Gasteiger partial charge < -0.3 is 24.0 Å². The summed E-state index contributed by atoms with van der Waals surface area (Å²) >= 11 is 27.5. The lowest BCUT2D eigenvalue weighted by molar-refractivity contribution is 0.0300. The van der Waals surface area contributed by atoms with Crippen LogP contribution in [0.3, 0.4) is 0 Å². The van der Waals surface area contributed by atoms with Crippen LogP contribution >= 0.6 is 46.4 Å². The number of anilines is 2. The van der Waals surface area contributed by atoms with Crippen LogP contribution in [0.4, 0.5) is 11.4 Å². The molecule has 0 aromatic heterocycles. The molecule has 302 valence electrons. The molecule has 0 N–H and O–H groups in total. The molecule has 1 aliphatic rings. The van der Waals surface area contributed by atoms with Gasteiger partial charge in [-0.2, -0.15) is 0 Å². The molecular formula is C48H48Cl4N2O4. The van der Waals surface area contributed by atoms with Gasteiger partial charge in [0.2, 0.25) is 0 Å². The van der Waals surface area contributed by atoms with E-state index in [1.807, 2.05) is 189 Å². The minimum absolute atomic E-state index is 0.0118. The van der Waals surface area contributed by atoms with Crippen LogP contribution in [0.1, 0.15) is 79.7 Å². The number of carbonyl (C=O) groups is 1. The van der Waals surface area contributed by atoms with E-state index in [-0.39, 0.29) is 31.2 Å². The molecule has 0 saturated heterocycles. The van der Waals surface area contributed by atoms with E-state index in [9.17, 15) is 4.79 Å². The van der Waals surface area contributed by atoms with Crippen molar-refractivity contribution in [2.75, 3.05) is 38.0 Å². The number of fused-ring (bicyclic) bond motifs is 1. The van der Waals surface area contributed by atoms with E-state index in [0.29, 0.717) is 11.5 Å². The zero-order valence-corrected chi connectivity index (χ0v) is 37.5. The quantitative estimate of drug-likeness (QED) is 0.0792. The number of cyclic esters (lactones) is 1. The number of halogens is 4. The number of esters is 1. The van der Waals surface area contributed by atoms with Crippen molar-refractivity contribution >= 4 is 74.9 Å². The third-order valence-electron chi connectivity index (χ3n) is 9.41. The smallest absolute Gasteiger partial charge is 0.341 e. The molecule has 6 nitrogen and oxygen atoms in total. The van der Waals surface area contributed by atoms with Crippen molar-refractivity contribution in [1.82, 2.24) is 0 Å². The summed E-state index contributed by atoms with van der Waals surface area (Å²) in [5.41, 5.74) is 4.78. The monoisotopic (exact) mass is 856 g/mol. The summed E-state index contributed by atoms with van der Waals surface area (Å²) < 4.78 is 19.0. The lowest BCUT2D eigenvalue weighted by Crippen LogP contribution is -2.23. The van der Waals surface area contributed by atoms with Gasteiger partial charge in [-0.1, -0.05) is 94.9 Å². The third-order valence-corrected chi connectivity index (χ3v) is 11.2. The third kappa shape index (κ3) is 9.32. The molecule has 0 spiro atoms. The molecule has 1 aliphatic heterocycles. The number of benzene rings is 5. The summed E-state index contributed by atoms with van der Waals surface area (Å²) in [7, 11) is 7.96. The van der Waals surface area contributed by atoms with Crippen molar-refractivity contribution in [3.05, 3.63) is 163 Å². The molecule has 5 aromatic rings. The molecule has 1 heterocycles. The molecule has 0 amide bonds. The predicted octanol–water partition coefficient (Wildman–Crippen LogP) is 13.4. The Morgan fingerprint density at radius 3 is 1.19 bits per heavy atom. The van der Waals surface area contributed by atoms with Crippen LogP contribution in [0, 0.1) is 0 Å². The van der Waals surface area contributed by atoms with Gasteiger partial charge in [0.25, 0.3) is 0 Å². The summed E-state index contributed by atoms with van der Waals surface area (Å²) in [4.78, 5) is 18.3. The summed E-state index contributed by atoms with van der Waals surface area (Å²) in [6, 6.07) is 32.0. The van der Waals surface area contributed by atoms with E-state index in [2.05, 4.69) is 0 Å². The van der Waals surface area contributed by atoms with Gasteiger partial charge in [0.05, 0.1) is 25.7 Å². The van der Waals surface area contributed by atoms with Gasteiger partial charge in [-0.25, -0.2) is 4.79 Å². The molecule has 0 atom stereocenters. The number of hydrogen-bond acceptors (Lipinski definition) is 6. The Labute approximate surface area is 362 Å². The largest absolute Gasteiger partial charge is 0.488 e. The van der Waals surface area contributed by atoms with Crippen molar-refractivity contribution in [3.63, 3.8) is 0 Å². The highest BCUT2D eigenvalue weighted by atomic mass is 35.5. The Hall–Kier alpha value is -4.59. The maximum absolute atomic E-state index is 14.3. The van der Waals surface area contributed by atoms with E-state index < -0.39 is 22.8 Å². The van der Waals surface area contributed by atoms with Crippen LogP contribution in [0.15, 0.2) is 109 Å². The summed E-state index contributed by atoms with van der Waals surface area (Å²) in [5, 5.41) is -0.00823. The second-order valence-corrected chi connectivity index (χ2v) is 18.2. The fourth-order valence-electron chi connectivity index (χ4n) is 6.78. The van der Waals surface area contributed by atoms with Crippen LogP contribution in [0.2, 0.25) is 20.1 Å². The molecule has 58 heavy (non-hydrogen) atoms. The van der Waals surface area contributed by atoms with Crippen LogP contribution in [0.25, 0.3) is 11.1 Å². The zero-order chi connectivity index (χ0) is 42.3. The second-order valence-electron chi connectivity index (χ2n) is 16.7. The van der Waals surface area contributed by atoms with E-state index in [0.717, 1.165) is 44.8 Å². The van der Waals surface area contributed by atoms with Gasteiger partial charge in [-0.15, -0.1) is 0 Å². The van der Waals surface area contributed by atoms with Crippen molar-refractivity contribution in [2.24, 2.45) is 0 Å². The number of hydrogen-bond donors (Lipinski definition) is 0. The molecule has 6 rings (SSSR count). The number of ether oxygens (including phenoxy) is 3. The molecule has 0 fully saturated rings. The van der Waals surface area contributed by atoms with Crippen LogP contribution < -0.4 is 19.3 Å². The lowest BCUT2D eigenvalue weighted by atomic mass is 9.83. The molecule has 0 aliphatic carbocycles. The average molecular weight is 859 g/mol. The molecule has 0 radical (unpaired) electrons. The Morgan fingerprint density at radius 1 is 0.534 bits per heavy atom. The summed E-state index contributed by atoms with van der Waals surface area (Å²) in [6.45, 7) is 12.0. The highest BCUT2D eigenvalue weighted by Crippen LogP contribution is 2.53. The fraction of sp³-hybridized carbons (Fsp3) is 0.271. The summed E-state index contributed by atoms with van der Waals surface area (Å²) in [5.74, 6) is 0.731. The Balaban J connectivity index is 1.71. The van der Waals surface area contributed by atoms with Crippen molar-refractivity contribution < 1.29 is 19.0 Å². The molecule has 0 saturated carbocycles. The van der Waals surface area contributed by atoms with Crippen molar-refractivity contribution in [2.45, 2.75) is 58.3 Å². The van der Waals surface area contributed by atoms with Crippen molar-refractivity contribution in [1.29, 1.82) is 0 Å². The van der Waals surface area contributed by atoms with Gasteiger partial charge in [-0.3, -0.25) is 0 Å². The molecule has 10 heteroatoms. The highest BCUT2D eigenvalue weighted by Gasteiger charge is 2.48. The first-order valence-electron chi connectivity index (χ1n) is 18.9. The fourth-order valence-corrected chi connectivity index (χ4v) is 7.85. The predicted molar refractivity (Wildman–Crippen MR) is 243 cm³/mol. The summed E-state index contributed by atoms with van der Waals surface area (Å²) in [6.07, 6.45) is 3.83. The Bertz CT molecular complexity index is 2250. The van der Waals surface area contributed by atoms with Gasteiger partial charge in [-0.05, 0) is 136 Å². The minimum Gasteiger partial charge on any atom is -0.488 e. The second kappa shape index (κ2) is 16.6. The maximum Gasteiger partial charge on any atom is 0.341 e. The first-order valence-corrected chi connectivity index (χ1v) is 20.4. The van der Waals surface area contributed by atoms with E-state index in [4.69, 9.17) is 60.6 Å². The molecule has 0 bridgehead atoms. The van der Waals surface area contributed by atoms with Gasteiger partial charge >= 0.3 is 5.97 Å². The topological polar surface area (TPSA) is 51.2 Å². The minimum atomic E-state index is -1.66. The number of nitrogens with zero attached hydrogens (tertiary/aromatic N) is 2. The molecule has 5 aromatic carbocycles. The van der Waals surface area contributed by atoms with Gasteiger partial charge in [0.15, 0.2) is 5.60 Å². The first-order chi connectivity index (χ1) is 27.2. The standard InChI is InChI=1S/C48H48Cl4N2O4/c1-46(2,3)56-35-23-15-31(16-24-35)37(29-11-19-33(20-12-29)53(7)8)27-48(40-39(45(55)58-48)41(49)43(51)44(52)42(40)50)28-38(30-13-21-34(22-14-30)54(9)10)32-17-25-36(26-18-32)57-47(4,5)6/h11-28H,1-10H3. The SMILES string of the molecule is CN(C)c1ccc(C(=CC2(C=C(c3ccc(OC(C)(C)C)cc3)c3ccc(N(C)C)cc3)OC(=O)c3c(Cl)c(Cl)c(Cl)c(Cl)c32)c2ccc(OC(C)(C)C)cc2)cc1. The van der Waals surface area contributed by atoms with Gasteiger partial charge in [0, 0.05) is 45.1 Å².